The minimum absolute atomic E-state index is 0.299. The van der Waals surface area contributed by atoms with Crippen LogP contribution in [0.25, 0.3) is 0 Å². The quantitative estimate of drug-likeness (QED) is 0.485. The molecule has 3 nitrogen and oxygen atoms in total. The Bertz CT molecular complexity index is 480. The predicted molar refractivity (Wildman–Crippen MR) is 72.9 cm³/mol. The molecule has 1 aromatic rings. The van der Waals surface area contributed by atoms with Crippen molar-refractivity contribution in [2.75, 3.05) is 0 Å². The molecule has 0 aliphatic carbocycles. The molecule has 0 saturated carbocycles. The third-order valence-corrected chi connectivity index (χ3v) is 4.19. The zero-order chi connectivity index (χ0) is 17.1. The van der Waals surface area contributed by atoms with Gasteiger partial charge in [-0.05, 0) is 32.9 Å². The smallest absolute Gasteiger partial charge is 0.387 e. The second-order valence-corrected chi connectivity index (χ2v) is 7.36. The van der Waals surface area contributed by atoms with Crippen molar-refractivity contribution in [3.63, 3.8) is 0 Å². The van der Waals surface area contributed by atoms with Gasteiger partial charge in [-0.15, -0.1) is 0 Å². The van der Waals surface area contributed by atoms with Crippen LogP contribution in [0.5, 0.6) is 5.75 Å². The molecule has 1 aromatic carbocycles. The molecular formula is C13H16F5NO2S. The first kappa shape index (κ1) is 19.0. The van der Waals surface area contributed by atoms with Crippen molar-refractivity contribution in [1.82, 2.24) is 4.72 Å². The molecule has 0 aromatic heterocycles. The Labute approximate surface area is 128 Å². The van der Waals surface area contributed by atoms with Gasteiger partial charge in [0.1, 0.15) is 10.5 Å². The summed E-state index contributed by atoms with van der Waals surface area (Å²) in [6, 6.07) is 3.60. The predicted octanol–water partition coefficient (Wildman–Crippen LogP) is 3.73. The van der Waals surface area contributed by atoms with Gasteiger partial charge in [0.15, 0.2) is 0 Å². The molecule has 0 aliphatic heterocycles. The van der Waals surface area contributed by atoms with Crippen molar-refractivity contribution < 1.29 is 31.2 Å². The fourth-order valence-corrected chi connectivity index (χ4v) is 2.18. The van der Waals surface area contributed by atoms with Gasteiger partial charge >= 0.3 is 6.61 Å². The standard InChI is InChI=1S/C13H16F5NO2S/c1-12(2,3)22(20)19-13(18,10(14)15)8-4-6-9(7-5-8)21-11(16)17/h4-7,10-11,19H,1-3H3. The molecule has 0 saturated heterocycles. The van der Waals surface area contributed by atoms with Crippen LogP contribution < -0.4 is 9.46 Å². The average Bonchev–Trinajstić information content (AvgIpc) is 2.37. The molecule has 126 valence electrons. The van der Waals surface area contributed by atoms with Crippen LogP contribution in [0.4, 0.5) is 22.0 Å². The van der Waals surface area contributed by atoms with Gasteiger partial charge in [-0.3, -0.25) is 0 Å². The summed E-state index contributed by atoms with van der Waals surface area (Å²) in [6.07, 6.45) is -3.51. The lowest BCUT2D eigenvalue weighted by atomic mass is 10.1. The van der Waals surface area contributed by atoms with Crippen molar-refractivity contribution in [3.05, 3.63) is 29.8 Å². The summed E-state index contributed by atoms with van der Waals surface area (Å²) < 4.78 is 81.6. The highest BCUT2D eigenvalue weighted by Gasteiger charge is 2.48. The topological polar surface area (TPSA) is 44.3 Å². The van der Waals surface area contributed by atoms with Crippen LogP contribution in [0.2, 0.25) is 0 Å². The van der Waals surface area contributed by atoms with Crippen molar-refractivity contribution in [2.24, 2.45) is 0 Å². The van der Waals surface area contributed by atoms with Crippen LogP contribution in [0.1, 0.15) is 26.3 Å². The molecule has 2 atom stereocenters. The zero-order valence-corrected chi connectivity index (χ0v) is 12.9. The highest BCUT2D eigenvalue weighted by Crippen LogP contribution is 2.34. The van der Waals surface area contributed by atoms with Crippen LogP contribution in [-0.4, -0.2) is 22.3 Å². The first-order chi connectivity index (χ1) is 9.96. The van der Waals surface area contributed by atoms with Gasteiger partial charge in [0.05, 0.1) is 0 Å². The van der Waals surface area contributed by atoms with E-state index in [-0.39, 0.29) is 5.75 Å². The minimum Gasteiger partial charge on any atom is -0.598 e. The van der Waals surface area contributed by atoms with Gasteiger partial charge in [-0.2, -0.15) is 8.78 Å². The van der Waals surface area contributed by atoms with Crippen LogP contribution in [0.3, 0.4) is 0 Å². The molecule has 0 fully saturated rings. The maximum Gasteiger partial charge on any atom is 0.387 e. The van der Waals surface area contributed by atoms with Gasteiger partial charge in [0.2, 0.25) is 0 Å². The molecule has 2 unspecified atom stereocenters. The van der Waals surface area contributed by atoms with Gasteiger partial charge in [0.25, 0.3) is 12.2 Å². The number of nitrogens with one attached hydrogen (secondary N) is 1. The van der Waals surface area contributed by atoms with E-state index in [1.54, 1.807) is 4.72 Å². The summed E-state index contributed by atoms with van der Waals surface area (Å²) in [5.74, 6) is -3.67. The Hall–Kier alpha value is -1.06. The Morgan fingerprint density at radius 2 is 1.59 bits per heavy atom. The highest BCUT2D eigenvalue weighted by atomic mass is 32.2. The molecule has 0 heterocycles. The van der Waals surface area contributed by atoms with E-state index in [4.69, 9.17) is 0 Å². The number of alkyl halides is 5. The fraction of sp³-hybridized carbons (Fsp3) is 0.538. The molecule has 0 aliphatic rings. The summed E-state index contributed by atoms with van der Waals surface area (Å²) in [7, 11) is 0. The largest absolute Gasteiger partial charge is 0.598 e. The summed E-state index contributed by atoms with van der Waals surface area (Å²) in [4.78, 5) is 0. The maximum absolute atomic E-state index is 14.6. The molecule has 22 heavy (non-hydrogen) atoms. The van der Waals surface area contributed by atoms with E-state index in [1.165, 1.54) is 20.8 Å². The van der Waals surface area contributed by atoms with E-state index in [1.807, 2.05) is 0 Å². The Kier molecular flexibility index (Phi) is 6.05. The fourth-order valence-electron chi connectivity index (χ4n) is 1.40. The first-order valence-corrected chi connectivity index (χ1v) is 7.34. The van der Waals surface area contributed by atoms with E-state index >= 15 is 0 Å². The van der Waals surface area contributed by atoms with Crippen LogP contribution >= 0.6 is 0 Å². The lowest BCUT2D eigenvalue weighted by Crippen LogP contribution is -2.52. The van der Waals surface area contributed by atoms with E-state index in [0.29, 0.717) is 0 Å². The number of rotatable bonds is 6. The SMILES string of the molecule is CC(C)(C)[S+]([O-])NC(F)(c1ccc(OC(F)F)cc1)C(F)F. The summed E-state index contributed by atoms with van der Waals surface area (Å²) >= 11 is -2.10. The molecule has 0 spiro atoms. The molecule has 9 heteroatoms. The number of benzene rings is 1. The Morgan fingerprint density at radius 1 is 1.09 bits per heavy atom. The third kappa shape index (κ3) is 4.72. The van der Waals surface area contributed by atoms with Crippen LogP contribution in [-0.2, 0) is 17.2 Å². The normalized spacial score (nSPS) is 16.7. The van der Waals surface area contributed by atoms with E-state index in [9.17, 15) is 26.5 Å². The molecule has 1 N–H and O–H groups in total. The number of halogens is 5. The van der Waals surface area contributed by atoms with Crippen LogP contribution in [0.15, 0.2) is 24.3 Å². The lowest BCUT2D eigenvalue weighted by molar-refractivity contribution is -0.0514. The maximum atomic E-state index is 14.6. The van der Waals surface area contributed by atoms with Gasteiger partial charge in [-0.1, -0.05) is 16.9 Å². The molecular weight excluding hydrogens is 329 g/mol. The summed E-state index contributed by atoms with van der Waals surface area (Å²) in [6.45, 7) is 1.38. The van der Waals surface area contributed by atoms with Gasteiger partial charge in [-0.25, -0.2) is 13.2 Å². The Morgan fingerprint density at radius 3 is 1.95 bits per heavy atom. The lowest BCUT2D eigenvalue weighted by Gasteiger charge is -2.31. The monoisotopic (exact) mass is 345 g/mol. The second-order valence-electron chi connectivity index (χ2n) is 5.40. The first-order valence-electron chi connectivity index (χ1n) is 6.19. The number of hydrogen-bond acceptors (Lipinski definition) is 3. The molecule has 0 radical (unpaired) electrons. The minimum atomic E-state index is -3.51. The summed E-state index contributed by atoms with van der Waals surface area (Å²) in [5, 5.41) is 0. The van der Waals surface area contributed by atoms with Gasteiger partial charge < -0.3 is 9.29 Å². The second kappa shape index (κ2) is 7.01. The highest BCUT2D eigenvalue weighted by molar-refractivity contribution is 7.90. The van der Waals surface area contributed by atoms with Crippen LogP contribution in [0, 0.1) is 0 Å². The van der Waals surface area contributed by atoms with E-state index in [2.05, 4.69) is 4.74 Å². The number of ether oxygens (including phenoxy) is 1. The molecule has 1 rings (SSSR count). The number of hydrogen-bond donors (Lipinski definition) is 1. The van der Waals surface area contributed by atoms with E-state index in [0.717, 1.165) is 24.3 Å². The van der Waals surface area contributed by atoms with E-state index < -0.39 is 40.5 Å². The van der Waals surface area contributed by atoms with Crippen molar-refractivity contribution >= 4 is 11.4 Å². The zero-order valence-electron chi connectivity index (χ0n) is 12.1. The third-order valence-electron chi connectivity index (χ3n) is 2.60. The Balaban J connectivity index is 3.04. The summed E-state index contributed by atoms with van der Waals surface area (Å²) in [5.41, 5.74) is -0.540. The van der Waals surface area contributed by atoms with Gasteiger partial charge in [0, 0.05) is 16.9 Å². The molecule has 0 amide bonds. The van der Waals surface area contributed by atoms with Crippen molar-refractivity contribution in [1.29, 1.82) is 0 Å². The van der Waals surface area contributed by atoms with Crippen molar-refractivity contribution in [2.45, 2.75) is 44.3 Å². The van der Waals surface area contributed by atoms with Crippen molar-refractivity contribution in [3.8, 4) is 5.75 Å². The molecule has 0 bridgehead atoms. The average molecular weight is 345 g/mol.